The Kier molecular flexibility index (Phi) is 5.79. The van der Waals surface area contributed by atoms with Crippen molar-refractivity contribution in [3.8, 4) is 11.5 Å². The van der Waals surface area contributed by atoms with Gasteiger partial charge in [0.05, 0.1) is 6.04 Å². The van der Waals surface area contributed by atoms with Gasteiger partial charge < -0.3 is 27.0 Å². The Hall–Kier alpha value is -2.28. The van der Waals surface area contributed by atoms with Crippen LogP contribution in [0.15, 0.2) is 18.2 Å². The largest absolute Gasteiger partial charge is 0.504 e. The molecule has 7 heteroatoms. The smallest absolute Gasteiger partial charge is 0.236 e. The number of carbonyl (C=O) groups excluding carboxylic acids is 2. The normalized spacial score (nSPS) is 11.8. The van der Waals surface area contributed by atoms with E-state index < -0.39 is 11.9 Å². The zero-order valence-electron chi connectivity index (χ0n) is 11.0. The van der Waals surface area contributed by atoms with Gasteiger partial charge in [0.1, 0.15) is 0 Å². The Morgan fingerprint density at radius 3 is 2.55 bits per heavy atom. The molecule has 1 atom stereocenters. The van der Waals surface area contributed by atoms with Gasteiger partial charge >= 0.3 is 0 Å². The first kappa shape index (κ1) is 15.8. The number of rotatable bonds is 7. The maximum Gasteiger partial charge on any atom is 0.236 e. The second-order valence-electron chi connectivity index (χ2n) is 4.48. The van der Waals surface area contributed by atoms with E-state index in [1.54, 1.807) is 6.07 Å². The molecule has 0 spiro atoms. The zero-order chi connectivity index (χ0) is 15.1. The van der Waals surface area contributed by atoms with Crippen LogP contribution in [0.25, 0.3) is 0 Å². The summed E-state index contributed by atoms with van der Waals surface area (Å²) >= 11 is 0. The van der Waals surface area contributed by atoms with Crippen LogP contribution in [0.4, 0.5) is 0 Å². The molecule has 7 nitrogen and oxygen atoms in total. The molecule has 0 aliphatic rings. The Morgan fingerprint density at radius 2 is 1.95 bits per heavy atom. The lowest BCUT2D eigenvalue weighted by atomic mass is 10.1. The second kappa shape index (κ2) is 7.34. The fraction of sp³-hybridized carbons (Fsp3) is 0.385. The quantitative estimate of drug-likeness (QED) is 0.423. The summed E-state index contributed by atoms with van der Waals surface area (Å²) in [6.07, 6.45) is 0.768. The summed E-state index contributed by atoms with van der Waals surface area (Å²) in [6.45, 7) is 0.341. The third-order valence-electron chi connectivity index (χ3n) is 2.79. The molecule has 1 aromatic rings. The summed E-state index contributed by atoms with van der Waals surface area (Å²) in [5, 5.41) is 21.1. The average Bonchev–Trinajstić information content (AvgIpc) is 2.39. The third-order valence-corrected chi connectivity index (χ3v) is 2.79. The van der Waals surface area contributed by atoms with Gasteiger partial charge in [0.2, 0.25) is 11.8 Å². The Bertz CT molecular complexity index is 491. The molecule has 0 bridgehead atoms. The van der Waals surface area contributed by atoms with Gasteiger partial charge in [-0.1, -0.05) is 6.07 Å². The topological polar surface area (TPSA) is 139 Å². The van der Waals surface area contributed by atoms with Crippen molar-refractivity contribution < 1.29 is 19.8 Å². The zero-order valence-corrected chi connectivity index (χ0v) is 11.0. The van der Waals surface area contributed by atoms with Crippen molar-refractivity contribution in [2.75, 3.05) is 6.54 Å². The molecular weight excluding hydrogens is 262 g/mol. The van der Waals surface area contributed by atoms with Crippen LogP contribution in [0, 0.1) is 0 Å². The van der Waals surface area contributed by atoms with Gasteiger partial charge in [0.25, 0.3) is 0 Å². The van der Waals surface area contributed by atoms with E-state index in [0.717, 1.165) is 5.56 Å². The predicted octanol–water partition coefficient (Wildman–Crippen LogP) is -0.651. The molecule has 2 amide bonds. The Morgan fingerprint density at radius 1 is 1.25 bits per heavy atom. The minimum absolute atomic E-state index is 0.0699. The molecule has 0 saturated heterocycles. The monoisotopic (exact) mass is 281 g/mol. The number of phenols is 2. The second-order valence-corrected chi connectivity index (χ2v) is 4.48. The van der Waals surface area contributed by atoms with Crippen molar-refractivity contribution in [3.63, 3.8) is 0 Å². The van der Waals surface area contributed by atoms with E-state index in [2.05, 4.69) is 5.32 Å². The van der Waals surface area contributed by atoms with Crippen molar-refractivity contribution in [2.45, 2.75) is 25.3 Å². The highest BCUT2D eigenvalue weighted by Gasteiger charge is 2.13. The van der Waals surface area contributed by atoms with Crippen LogP contribution in [0.3, 0.4) is 0 Å². The van der Waals surface area contributed by atoms with Gasteiger partial charge in [-0.2, -0.15) is 0 Å². The molecule has 1 rings (SSSR count). The SMILES string of the molecule is NC(=O)CC[C@H](N)C(=O)NCCc1ccc(O)c(O)c1. The van der Waals surface area contributed by atoms with Crippen LogP contribution in [-0.2, 0) is 16.0 Å². The number of carbonyl (C=O) groups is 2. The van der Waals surface area contributed by atoms with E-state index in [4.69, 9.17) is 16.6 Å². The average molecular weight is 281 g/mol. The number of aromatic hydroxyl groups is 2. The van der Waals surface area contributed by atoms with Crippen molar-refractivity contribution in [1.29, 1.82) is 0 Å². The maximum atomic E-state index is 11.6. The number of hydrogen-bond acceptors (Lipinski definition) is 5. The fourth-order valence-electron chi connectivity index (χ4n) is 1.61. The van der Waals surface area contributed by atoms with Gasteiger partial charge in [-0.15, -0.1) is 0 Å². The predicted molar refractivity (Wildman–Crippen MR) is 72.9 cm³/mol. The van der Waals surface area contributed by atoms with E-state index in [1.807, 2.05) is 0 Å². The van der Waals surface area contributed by atoms with Crippen LogP contribution in [-0.4, -0.2) is 34.6 Å². The Labute approximate surface area is 116 Å². The van der Waals surface area contributed by atoms with E-state index in [1.165, 1.54) is 12.1 Å². The molecule has 20 heavy (non-hydrogen) atoms. The molecule has 0 aliphatic heterocycles. The van der Waals surface area contributed by atoms with Gasteiger partial charge in [0, 0.05) is 13.0 Å². The lowest BCUT2D eigenvalue weighted by Crippen LogP contribution is -2.41. The molecule has 0 fully saturated rings. The molecule has 0 heterocycles. The van der Waals surface area contributed by atoms with E-state index >= 15 is 0 Å². The lowest BCUT2D eigenvalue weighted by molar-refractivity contribution is -0.122. The number of nitrogens with two attached hydrogens (primary N) is 2. The molecule has 1 aromatic carbocycles. The van der Waals surface area contributed by atoms with E-state index in [9.17, 15) is 14.7 Å². The molecule has 0 unspecified atom stereocenters. The van der Waals surface area contributed by atoms with Gasteiger partial charge in [-0.05, 0) is 30.5 Å². The number of amides is 2. The molecule has 7 N–H and O–H groups in total. The van der Waals surface area contributed by atoms with Gasteiger partial charge in [-0.3, -0.25) is 9.59 Å². The summed E-state index contributed by atoms with van der Waals surface area (Å²) in [6, 6.07) is 3.68. The molecule has 110 valence electrons. The summed E-state index contributed by atoms with van der Waals surface area (Å²) in [7, 11) is 0. The fourth-order valence-corrected chi connectivity index (χ4v) is 1.61. The van der Waals surface area contributed by atoms with Crippen LogP contribution < -0.4 is 16.8 Å². The van der Waals surface area contributed by atoms with Crippen LogP contribution >= 0.6 is 0 Å². The first-order valence-corrected chi connectivity index (χ1v) is 6.22. The summed E-state index contributed by atoms with van der Waals surface area (Å²) in [5.41, 5.74) is 11.3. The third kappa shape index (κ3) is 5.15. The summed E-state index contributed by atoms with van der Waals surface area (Å²) in [5.74, 6) is -1.24. The number of phenolic OH excluding ortho intramolecular Hbond substituents is 2. The molecule has 0 radical (unpaired) electrons. The number of hydrogen-bond donors (Lipinski definition) is 5. The van der Waals surface area contributed by atoms with Crippen LogP contribution in [0.5, 0.6) is 11.5 Å². The summed E-state index contributed by atoms with van der Waals surface area (Å²) in [4.78, 5) is 22.2. The Balaban J connectivity index is 2.34. The lowest BCUT2D eigenvalue weighted by Gasteiger charge is -2.11. The molecular formula is C13H19N3O4. The highest BCUT2D eigenvalue weighted by molar-refractivity contribution is 5.82. The van der Waals surface area contributed by atoms with Crippen molar-refractivity contribution in [3.05, 3.63) is 23.8 Å². The minimum atomic E-state index is -0.768. The van der Waals surface area contributed by atoms with E-state index in [0.29, 0.717) is 13.0 Å². The summed E-state index contributed by atoms with van der Waals surface area (Å²) < 4.78 is 0. The van der Waals surface area contributed by atoms with Crippen molar-refractivity contribution in [1.82, 2.24) is 5.32 Å². The van der Waals surface area contributed by atoms with Crippen molar-refractivity contribution in [2.24, 2.45) is 11.5 Å². The molecule has 0 aliphatic carbocycles. The highest BCUT2D eigenvalue weighted by Crippen LogP contribution is 2.24. The van der Waals surface area contributed by atoms with Crippen molar-refractivity contribution >= 4 is 11.8 Å². The van der Waals surface area contributed by atoms with Crippen LogP contribution in [0.2, 0.25) is 0 Å². The minimum Gasteiger partial charge on any atom is -0.504 e. The first-order valence-electron chi connectivity index (χ1n) is 6.22. The maximum absolute atomic E-state index is 11.6. The van der Waals surface area contributed by atoms with Gasteiger partial charge in [-0.25, -0.2) is 0 Å². The standard InChI is InChI=1S/C13H19N3O4/c14-9(2-4-12(15)19)13(20)16-6-5-8-1-3-10(17)11(18)7-8/h1,3,7,9,17-18H,2,4-6,14H2,(H2,15,19)(H,16,20)/t9-/m0/s1. The first-order chi connectivity index (χ1) is 9.40. The molecule has 0 aromatic heterocycles. The number of primary amides is 1. The number of benzene rings is 1. The van der Waals surface area contributed by atoms with E-state index in [-0.39, 0.29) is 30.2 Å². The highest BCUT2D eigenvalue weighted by atomic mass is 16.3. The number of nitrogens with one attached hydrogen (secondary N) is 1. The van der Waals surface area contributed by atoms with Gasteiger partial charge in [0.15, 0.2) is 11.5 Å². The van der Waals surface area contributed by atoms with Crippen LogP contribution in [0.1, 0.15) is 18.4 Å². The molecule has 0 saturated carbocycles.